The molecule has 100 valence electrons. The number of nitrogens with two attached hydrogens (primary N) is 1. The molecule has 6 heteroatoms. The van der Waals surface area contributed by atoms with Gasteiger partial charge in [-0.3, -0.25) is 9.88 Å². The molecular formula is C13H17N5O. The first-order valence-corrected chi connectivity index (χ1v) is 6.39. The van der Waals surface area contributed by atoms with Crippen LogP contribution in [0, 0.1) is 0 Å². The second-order valence-electron chi connectivity index (χ2n) is 4.75. The molecule has 0 atom stereocenters. The molecule has 0 unspecified atom stereocenters. The van der Waals surface area contributed by atoms with Crippen molar-refractivity contribution in [3.8, 4) is 0 Å². The van der Waals surface area contributed by atoms with Gasteiger partial charge in [-0.1, -0.05) is 0 Å². The number of nitrogen functional groups attached to an aromatic ring is 1. The van der Waals surface area contributed by atoms with Crippen molar-refractivity contribution in [3.63, 3.8) is 0 Å². The highest BCUT2D eigenvalue weighted by Crippen LogP contribution is 2.29. The lowest BCUT2D eigenvalue weighted by atomic mass is 10.3. The second-order valence-corrected chi connectivity index (χ2v) is 4.75. The van der Waals surface area contributed by atoms with Crippen LogP contribution < -0.4 is 11.3 Å². The molecule has 1 aliphatic carbocycles. The van der Waals surface area contributed by atoms with Crippen LogP contribution in [0.25, 0.3) is 0 Å². The Kier molecular flexibility index (Phi) is 3.43. The molecule has 2 aromatic rings. The Hall–Kier alpha value is -1.92. The van der Waals surface area contributed by atoms with E-state index in [1.54, 1.807) is 18.7 Å². The summed E-state index contributed by atoms with van der Waals surface area (Å²) in [7, 11) is 0. The van der Waals surface area contributed by atoms with Gasteiger partial charge in [0.25, 0.3) is 0 Å². The lowest BCUT2D eigenvalue weighted by molar-refractivity contribution is 0.222. The van der Waals surface area contributed by atoms with Gasteiger partial charge in [-0.2, -0.15) is 0 Å². The van der Waals surface area contributed by atoms with Gasteiger partial charge in [-0.25, -0.2) is 10.8 Å². The summed E-state index contributed by atoms with van der Waals surface area (Å²) in [4.78, 5) is 10.9. The van der Waals surface area contributed by atoms with E-state index in [2.05, 4.69) is 20.3 Å². The topological polar surface area (TPSA) is 80.2 Å². The summed E-state index contributed by atoms with van der Waals surface area (Å²) in [6.45, 7) is 1.60. The summed E-state index contributed by atoms with van der Waals surface area (Å²) in [5.41, 5.74) is 3.42. The van der Waals surface area contributed by atoms with Crippen molar-refractivity contribution in [1.82, 2.24) is 14.9 Å². The number of hydrogen-bond acceptors (Lipinski definition) is 6. The van der Waals surface area contributed by atoms with Crippen LogP contribution >= 0.6 is 0 Å². The van der Waals surface area contributed by atoms with Crippen LogP contribution in [-0.2, 0) is 13.1 Å². The highest BCUT2D eigenvalue weighted by molar-refractivity contribution is 5.28. The average molecular weight is 259 g/mol. The summed E-state index contributed by atoms with van der Waals surface area (Å²) < 4.78 is 5.41. The highest BCUT2D eigenvalue weighted by atomic mass is 16.3. The average Bonchev–Trinajstić information content (AvgIpc) is 3.17. The minimum atomic E-state index is 0.577. The summed E-state index contributed by atoms with van der Waals surface area (Å²) in [6, 6.07) is 4.56. The minimum Gasteiger partial charge on any atom is -0.468 e. The lowest BCUT2D eigenvalue weighted by Gasteiger charge is -2.20. The number of hydrazine groups is 1. The molecule has 2 aromatic heterocycles. The van der Waals surface area contributed by atoms with Crippen LogP contribution in [0.3, 0.4) is 0 Å². The molecule has 0 radical (unpaired) electrons. The van der Waals surface area contributed by atoms with Crippen molar-refractivity contribution in [2.45, 2.75) is 32.0 Å². The zero-order valence-corrected chi connectivity index (χ0v) is 10.6. The Morgan fingerprint density at radius 1 is 1.32 bits per heavy atom. The van der Waals surface area contributed by atoms with E-state index in [1.165, 1.54) is 12.8 Å². The molecule has 0 aromatic carbocycles. The first kappa shape index (κ1) is 12.1. The van der Waals surface area contributed by atoms with Gasteiger partial charge in [0, 0.05) is 12.6 Å². The lowest BCUT2D eigenvalue weighted by Crippen LogP contribution is -2.25. The van der Waals surface area contributed by atoms with Crippen molar-refractivity contribution in [2.75, 3.05) is 5.43 Å². The van der Waals surface area contributed by atoms with Crippen molar-refractivity contribution >= 4 is 5.82 Å². The van der Waals surface area contributed by atoms with Crippen molar-refractivity contribution < 1.29 is 4.42 Å². The second kappa shape index (κ2) is 5.38. The number of anilines is 1. The maximum atomic E-state index is 5.41. The Morgan fingerprint density at radius 3 is 2.79 bits per heavy atom. The minimum absolute atomic E-state index is 0.577. The number of rotatable bonds is 6. The van der Waals surface area contributed by atoms with Gasteiger partial charge in [0.1, 0.15) is 5.76 Å². The Morgan fingerprint density at radius 2 is 2.21 bits per heavy atom. The third-order valence-electron chi connectivity index (χ3n) is 3.22. The number of nitrogens with zero attached hydrogens (tertiary/aromatic N) is 3. The molecule has 1 fully saturated rings. The molecule has 3 N–H and O–H groups in total. The van der Waals surface area contributed by atoms with Crippen molar-refractivity contribution in [1.29, 1.82) is 0 Å². The summed E-state index contributed by atoms with van der Waals surface area (Å²) >= 11 is 0. The molecule has 6 nitrogen and oxygen atoms in total. The zero-order valence-electron chi connectivity index (χ0n) is 10.6. The fourth-order valence-corrected chi connectivity index (χ4v) is 2.08. The van der Waals surface area contributed by atoms with Crippen LogP contribution in [0.15, 0.2) is 35.2 Å². The van der Waals surface area contributed by atoms with Crippen LogP contribution in [-0.4, -0.2) is 20.9 Å². The van der Waals surface area contributed by atoms with E-state index >= 15 is 0 Å². The van der Waals surface area contributed by atoms with E-state index in [0.717, 1.165) is 24.5 Å². The summed E-state index contributed by atoms with van der Waals surface area (Å²) in [5.74, 6) is 6.84. The molecule has 1 saturated carbocycles. The molecule has 3 rings (SSSR count). The Labute approximate surface area is 111 Å². The SMILES string of the molecule is NNc1cnc(CN(Cc2ccco2)C2CC2)cn1. The van der Waals surface area contributed by atoms with Gasteiger partial charge in [0.2, 0.25) is 0 Å². The quantitative estimate of drug-likeness (QED) is 0.605. The molecule has 19 heavy (non-hydrogen) atoms. The number of aromatic nitrogens is 2. The molecule has 0 aliphatic heterocycles. The normalized spacial score (nSPS) is 14.8. The van der Waals surface area contributed by atoms with Crippen molar-refractivity contribution in [2.24, 2.45) is 5.84 Å². The first-order valence-electron chi connectivity index (χ1n) is 6.39. The maximum Gasteiger partial charge on any atom is 0.158 e. The van der Waals surface area contributed by atoms with Gasteiger partial charge >= 0.3 is 0 Å². The Bertz CT molecular complexity index is 506. The fourth-order valence-electron chi connectivity index (χ4n) is 2.08. The molecule has 1 aliphatic rings. The van der Waals surface area contributed by atoms with Gasteiger partial charge < -0.3 is 9.84 Å². The van der Waals surface area contributed by atoms with Gasteiger partial charge in [0.15, 0.2) is 5.82 Å². The first-order chi connectivity index (χ1) is 9.35. The monoisotopic (exact) mass is 259 g/mol. The largest absolute Gasteiger partial charge is 0.468 e. The van der Waals surface area contributed by atoms with E-state index in [1.807, 2.05) is 12.1 Å². The predicted octanol–water partition coefficient (Wildman–Crippen LogP) is 1.52. The molecule has 0 saturated heterocycles. The van der Waals surface area contributed by atoms with Gasteiger partial charge in [-0.15, -0.1) is 0 Å². The number of nitrogens with one attached hydrogen (secondary N) is 1. The number of furan rings is 1. The van der Waals surface area contributed by atoms with Crippen LogP contribution in [0.2, 0.25) is 0 Å². The smallest absolute Gasteiger partial charge is 0.158 e. The van der Waals surface area contributed by atoms with Crippen LogP contribution in [0.1, 0.15) is 24.3 Å². The maximum absolute atomic E-state index is 5.41. The van der Waals surface area contributed by atoms with E-state index in [0.29, 0.717) is 11.9 Å². The predicted molar refractivity (Wildman–Crippen MR) is 70.8 cm³/mol. The summed E-state index contributed by atoms with van der Waals surface area (Å²) in [6.07, 6.45) is 7.61. The third kappa shape index (κ3) is 3.10. The highest BCUT2D eigenvalue weighted by Gasteiger charge is 2.29. The molecule has 0 spiro atoms. The van der Waals surface area contributed by atoms with E-state index in [4.69, 9.17) is 10.3 Å². The van der Waals surface area contributed by atoms with Crippen molar-refractivity contribution in [3.05, 3.63) is 42.2 Å². The van der Waals surface area contributed by atoms with Crippen LogP contribution in [0.5, 0.6) is 0 Å². The molecular weight excluding hydrogens is 242 g/mol. The molecule has 2 heterocycles. The standard InChI is InChI=1S/C13H17N5O/c14-17-13-7-15-10(6-16-13)8-18(11-3-4-11)9-12-2-1-5-19-12/h1-2,5-7,11H,3-4,8-9,14H2,(H,16,17). The molecule has 0 amide bonds. The summed E-state index contributed by atoms with van der Waals surface area (Å²) in [5, 5.41) is 0. The van der Waals surface area contributed by atoms with Gasteiger partial charge in [-0.05, 0) is 25.0 Å². The van der Waals surface area contributed by atoms with E-state index < -0.39 is 0 Å². The van der Waals surface area contributed by atoms with E-state index in [9.17, 15) is 0 Å². The third-order valence-corrected chi connectivity index (χ3v) is 3.22. The van der Waals surface area contributed by atoms with E-state index in [-0.39, 0.29) is 0 Å². The fraction of sp³-hybridized carbons (Fsp3) is 0.385. The van der Waals surface area contributed by atoms with Crippen LogP contribution in [0.4, 0.5) is 5.82 Å². The number of hydrogen-bond donors (Lipinski definition) is 2. The Balaban J connectivity index is 1.66. The molecule has 0 bridgehead atoms. The van der Waals surface area contributed by atoms with Gasteiger partial charge in [0.05, 0.1) is 30.9 Å². The zero-order chi connectivity index (χ0) is 13.1.